The van der Waals surface area contributed by atoms with E-state index >= 15 is 0 Å². The van der Waals surface area contributed by atoms with Crippen LogP contribution in [0.1, 0.15) is 69.5 Å². The molecule has 1 atom stereocenters. The summed E-state index contributed by atoms with van der Waals surface area (Å²) in [6.45, 7) is 12.2. The number of morpholine rings is 1. The van der Waals surface area contributed by atoms with Crippen molar-refractivity contribution >= 4 is 23.3 Å². The molecule has 3 fully saturated rings. The average molecular weight is 605 g/mol. The standard InChI is InChI=1S/C30H39F3N6O4/c1-18-24-23(37-11-13-41-14-12-37)5-8-34-27(24)36-22-15-21(35-26(25(22)42-18)30(31,32)33)19-16-39(17-19)20-6-9-38(10-7-20)28(40)43-29(2,3)4/h5,8,15,18-20H,6-7,9-14,16-17H2,1-4H3,(H,34,36)/t18-/m0/s1. The molecule has 0 spiro atoms. The van der Waals surface area contributed by atoms with Crippen LogP contribution in [-0.2, 0) is 15.7 Å². The highest BCUT2D eigenvalue weighted by Crippen LogP contribution is 2.48. The van der Waals surface area contributed by atoms with Crippen LogP contribution in [0.2, 0.25) is 0 Å². The molecule has 0 radical (unpaired) electrons. The second-order valence-corrected chi connectivity index (χ2v) is 12.7. The Balaban J connectivity index is 1.19. The quantitative estimate of drug-likeness (QED) is 0.499. The van der Waals surface area contributed by atoms with Crippen molar-refractivity contribution in [1.29, 1.82) is 0 Å². The van der Waals surface area contributed by atoms with Gasteiger partial charge in [0, 0.05) is 68.8 Å². The highest BCUT2D eigenvalue weighted by atomic mass is 19.4. The Morgan fingerprint density at radius 1 is 1.09 bits per heavy atom. The smallest absolute Gasteiger partial charge is 0.437 e. The van der Waals surface area contributed by atoms with Gasteiger partial charge in [0.15, 0.2) is 11.4 Å². The van der Waals surface area contributed by atoms with E-state index in [1.54, 1.807) is 24.1 Å². The summed E-state index contributed by atoms with van der Waals surface area (Å²) in [5.74, 6) is 0.0257. The molecule has 1 N–H and O–H groups in total. The maximum Gasteiger partial charge on any atom is 0.437 e. The highest BCUT2D eigenvalue weighted by molar-refractivity contribution is 5.75. The van der Waals surface area contributed by atoms with Gasteiger partial charge in [0.25, 0.3) is 0 Å². The van der Waals surface area contributed by atoms with E-state index in [1.165, 1.54) is 0 Å². The SMILES string of the molecule is C[C@@H]1Oc2c(cc(C3CN(C4CCN(C(=O)OC(C)(C)C)CC4)C3)nc2C(F)(F)F)Nc2nccc(N3CCOCC3)c21. The van der Waals surface area contributed by atoms with Gasteiger partial charge in [-0.05, 0) is 52.7 Å². The van der Waals surface area contributed by atoms with Crippen molar-refractivity contribution in [3.8, 4) is 5.75 Å². The lowest BCUT2D eigenvalue weighted by Gasteiger charge is -2.47. The van der Waals surface area contributed by atoms with Crippen molar-refractivity contribution in [3.05, 3.63) is 35.3 Å². The molecule has 6 heterocycles. The molecular weight excluding hydrogens is 565 g/mol. The van der Waals surface area contributed by atoms with Gasteiger partial charge in [-0.1, -0.05) is 0 Å². The first-order chi connectivity index (χ1) is 20.4. The summed E-state index contributed by atoms with van der Waals surface area (Å²) in [4.78, 5) is 27.2. The lowest BCUT2D eigenvalue weighted by Crippen LogP contribution is -2.55. The van der Waals surface area contributed by atoms with E-state index in [4.69, 9.17) is 14.2 Å². The van der Waals surface area contributed by atoms with Crippen molar-refractivity contribution < 1.29 is 32.2 Å². The molecule has 0 unspecified atom stereocenters. The molecule has 0 aliphatic carbocycles. The summed E-state index contributed by atoms with van der Waals surface area (Å²) in [7, 11) is 0. The van der Waals surface area contributed by atoms with Crippen LogP contribution >= 0.6 is 0 Å². The van der Waals surface area contributed by atoms with Gasteiger partial charge in [0.2, 0.25) is 0 Å². The minimum Gasteiger partial charge on any atom is -0.481 e. The van der Waals surface area contributed by atoms with E-state index in [0.29, 0.717) is 69.6 Å². The predicted octanol–water partition coefficient (Wildman–Crippen LogP) is 5.33. The molecule has 0 saturated carbocycles. The Bertz CT molecular complexity index is 1350. The summed E-state index contributed by atoms with van der Waals surface area (Å²) >= 11 is 0. The third-order valence-corrected chi connectivity index (χ3v) is 8.50. The van der Waals surface area contributed by atoms with Crippen LogP contribution in [0.25, 0.3) is 0 Å². The number of nitrogens with one attached hydrogen (secondary N) is 1. The van der Waals surface area contributed by atoms with Crippen LogP contribution < -0.4 is 15.0 Å². The van der Waals surface area contributed by atoms with E-state index in [-0.39, 0.29) is 29.5 Å². The Labute approximate surface area is 249 Å². The Kier molecular flexibility index (Phi) is 7.82. The van der Waals surface area contributed by atoms with Crippen molar-refractivity contribution in [2.75, 3.05) is 62.7 Å². The second kappa shape index (κ2) is 11.3. The van der Waals surface area contributed by atoms with Gasteiger partial charge in [-0.25, -0.2) is 14.8 Å². The lowest BCUT2D eigenvalue weighted by atomic mass is 9.90. The van der Waals surface area contributed by atoms with E-state index < -0.39 is 23.6 Å². The number of hydrogen-bond donors (Lipinski definition) is 1. The topological polar surface area (TPSA) is 92.3 Å². The van der Waals surface area contributed by atoms with Crippen LogP contribution in [0.15, 0.2) is 18.3 Å². The molecule has 4 aliphatic heterocycles. The van der Waals surface area contributed by atoms with Gasteiger partial charge < -0.3 is 29.3 Å². The van der Waals surface area contributed by atoms with Crippen LogP contribution in [0, 0.1) is 0 Å². The number of alkyl halides is 3. The number of rotatable bonds is 3. The van der Waals surface area contributed by atoms with Gasteiger partial charge in [-0.2, -0.15) is 13.2 Å². The number of nitrogens with zero attached hydrogens (tertiary/aromatic N) is 5. The number of fused-ring (bicyclic) bond motifs is 2. The molecule has 0 bridgehead atoms. The molecule has 3 saturated heterocycles. The van der Waals surface area contributed by atoms with Gasteiger partial charge in [-0.15, -0.1) is 0 Å². The molecule has 1 amide bonds. The molecular formula is C30H39F3N6O4. The zero-order valence-electron chi connectivity index (χ0n) is 25.0. The molecule has 2 aromatic rings. The van der Waals surface area contributed by atoms with Gasteiger partial charge in [0.1, 0.15) is 17.5 Å². The summed E-state index contributed by atoms with van der Waals surface area (Å²) in [6, 6.07) is 3.81. The molecule has 4 aliphatic rings. The first kappa shape index (κ1) is 29.7. The third kappa shape index (κ3) is 6.19. The summed E-state index contributed by atoms with van der Waals surface area (Å²) < 4.78 is 60.3. The number of halogens is 3. The minimum absolute atomic E-state index is 0.148. The number of likely N-dealkylation sites (tertiary alicyclic amines) is 2. The Morgan fingerprint density at radius 3 is 2.44 bits per heavy atom. The van der Waals surface area contributed by atoms with Gasteiger partial charge in [-0.3, -0.25) is 4.90 Å². The van der Waals surface area contributed by atoms with E-state index in [0.717, 1.165) is 18.5 Å². The predicted molar refractivity (Wildman–Crippen MR) is 154 cm³/mol. The normalized spacial score (nSPS) is 22.1. The molecule has 2 aromatic heterocycles. The second-order valence-electron chi connectivity index (χ2n) is 12.7. The zero-order valence-corrected chi connectivity index (χ0v) is 25.0. The minimum atomic E-state index is -4.70. The first-order valence-corrected chi connectivity index (χ1v) is 15.0. The van der Waals surface area contributed by atoms with Crippen LogP contribution in [0.3, 0.4) is 0 Å². The van der Waals surface area contributed by atoms with Crippen molar-refractivity contribution in [1.82, 2.24) is 19.8 Å². The van der Waals surface area contributed by atoms with Crippen molar-refractivity contribution in [2.45, 2.75) is 70.4 Å². The van der Waals surface area contributed by atoms with Crippen LogP contribution in [0.4, 0.5) is 35.2 Å². The number of pyridine rings is 2. The third-order valence-electron chi connectivity index (χ3n) is 8.50. The van der Waals surface area contributed by atoms with E-state index in [2.05, 4.69) is 25.1 Å². The Hall–Kier alpha value is -3.32. The summed E-state index contributed by atoms with van der Waals surface area (Å²) in [5, 5.41) is 3.18. The maximum atomic E-state index is 14.4. The van der Waals surface area contributed by atoms with Crippen molar-refractivity contribution in [2.24, 2.45) is 0 Å². The Morgan fingerprint density at radius 2 is 1.79 bits per heavy atom. The van der Waals surface area contributed by atoms with Crippen molar-refractivity contribution in [3.63, 3.8) is 0 Å². The maximum absolute atomic E-state index is 14.4. The summed E-state index contributed by atoms with van der Waals surface area (Å²) in [5.41, 5.74) is 0.613. The number of carbonyl (C=O) groups excluding carboxylic acids is 1. The monoisotopic (exact) mass is 604 g/mol. The van der Waals surface area contributed by atoms with Crippen LogP contribution in [0.5, 0.6) is 5.75 Å². The van der Waals surface area contributed by atoms with Gasteiger partial charge in [0.05, 0.1) is 24.5 Å². The number of piperidine rings is 1. The summed E-state index contributed by atoms with van der Waals surface area (Å²) in [6.07, 6.45) is -2.44. The molecule has 10 nitrogen and oxygen atoms in total. The van der Waals surface area contributed by atoms with E-state index in [1.807, 2.05) is 26.8 Å². The number of ether oxygens (including phenoxy) is 3. The lowest BCUT2D eigenvalue weighted by molar-refractivity contribution is -0.143. The fourth-order valence-corrected chi connectivity index (χ4v) is 6.31. The molecule has 13 heteroatoms. The molecule has 6 rings (SSSR count). The highest BCUT2D eigenvalue weighted by Gasteiger charge is 2.43. The number of hydrogen-bond acceptors (Lipinski definition) is 9. The fourth-order valence-electron chi connectivity index (χ4n) is 6.31. The molecule has 234 valence electrons. The largest absolute Gasteiger partial charge is 0.481 e. The van der Waals surface area contributed by atoms with E-state index in [9.17, 15) is 18.0 Å². The number of anilines is 3. The number of amides is 1. The molecule has 43 heavy (non-hydrogen) atoms. The molecule has 0 aromatic carbocycles. The first-order valence-electron chi connectivity index (χ1n) is 15.0. The number of aromatic nitrogens is 2. The number of carbonyl (C=O) groups is 1. The van der Waals surface area contributed by atoms with Crippen LogP contribution in [-0.4, -0.2) is 90.0 Å². The fraction of sp³-hybridized carbons (Fsp3) is 0.633. The average Bonchev–Trinajstić information content (AvgIpc) is 3.06. The van der Waals surface area contributed by atoms with Gasteiger partial charge >= 0.3 is 12.3 Å². The zero-order chi connectivity index (χ0) is 30.5.